The van der Waals surface area contributed by atoms with Crippen LogP contribution in [0.15, 0.2) is 41.4 Å². The Morgan fingerprint density at radius 1 is 1.15 bits per heavy atom. The van der Waals surface area contributed by atoms with Crippen LogP contribution in [0, 0.1) is 0 Å². The average Bonchev–Trinajstić information content (AvgIpc) is 3.04. The summed E-state index contributed by atoms with van der Waals surface area (Å²) in [5.41, 5.74) is 4.01. The van der Waals surface area contributed by atoms with E-state index in [4.69, 9.17) is 0 Å². The Kier molecular flexibility index (Phi) is 4.97. The van der Waals surface area contributed by atoms with Crippen molar-refractivity contribution in [1.29, 1.82) is 0 Å². The van der Waals surface area contributed by atoms with E-state index < -0.39 is 10.0 Å². The zero-order valence-electron chi connectivity index (χ0n) is 15.5. The Labute approximate surface area is 159 Å². The fourth-order valence-corrected chi connectivity index (χ4v) is 4.75. The van der Waals surface area contributed by atoms with Gasteiger partial charge in [-0.1, -0.05) is 13.0 Å². The van der Waals surface area contributed by atoms with Crippen LogP contribution in [0.3, 0.4) is 0 Å². The number of hydrogen-bond donors (Lipinski definition) is 1. The molecule has 0 fully saturated rings. The molecule has 2 heterocycles. The largest absolute Gasteiger partial charge is 0.312 e. The van der Waals surface area contributed by atoms with Gasteiger partial charge in [0.2, 0.25) is 10.0 Å². The summed E-state index contributed by atoms with van der Waals surface area (Å²) in [4.78, 5) is 9.30. The molecule has 0 unspecified atom stereocenters. The second kappa shape index (κ2) is 7.40. The molecule has 2 aromatic heterocycles. The Morgan fingerprint density at radius 3 is 2.78 bits per heavy atom. The lowest BCUT2D eigenvalue weighted by atomic mass is 9.92. The molecule has 3 aromatic rings. The number of fused-ring (bicyclic) bond motifs is 2. The molecule has 0 radical (unpaired) electrons. The van der Waals surface area contributed by atoms with E-state index in [1.54, 1.807) is 12.3 Å². The maximum atomic E-state index is 12.8. The lowest BCUT2D eigenvalue weighted by Gasteiger charge is -2.17. The smallest absolute Gasteiger partial charge is 0.240 e. The molecule has 0 amide bonds. The molecule has 27 heavy (non-hydrogen) atoms. The van der Waals surface area contributed by atoms with E-state index in [0.29, 0.717) is 10.7 Å². The zero-order valence-corrected chi connectivity index (χ0v) is 16.3. The van der Waals surface area contributed by atoms with Gasteiger partial charge in [0.15, 0.2) is 5.65 Å². The van der Waals surface area contributed by atoms with Gasteiger partial charge < -0.3 is 4.57 Å². The van der Waals surface area contributed by atoms with E-state index in [-0.39, 0.29) is 6.54 Å². The molecular formula is C20H24N4O2S. The summed E-state index contributed by atoms with van der Waals surface area (Å²) < 4.78 is 30.3. The van der Waals surface area contributed by atoms with Crippen molar-refractivity contribution in [2.24, 2.45) is 0 Å². The molecule has 1 aromatic carbocycles. The van der Waals surface area contributed by atoms with Gasteiger partial charge in [-0.05, 0) is 67.5 Å². The van der Waals surface area contributed by atoms with Crippen LogP contribution in [0.1, 0.15) is 43.1 Å². The summed E-state index contributed by atoms with van der Waals surface area (Å²) in [6, 6.07) is 9.23. The van der Waals surface area contributed by atoms with Crippen molar-refractivity contribution in [3.05, 3.63) is 53.5 Å². The summed E-state index contributed by atoms with van der Waals surface area (Å²) in [7, 11) is -3.58. The van der Waals surface area contributed by atoms with Crippen LogP contribution in [-0.2, 0) is 36.0 Å². The zero-order chi connectivity index (χ0) is 18.9. The first kappa shape index (κ1) is 18.1. The highest BCUT2D eigenvalue weighted by Gasteiger charge is 2.19. The normalized spacial score (nSPS) is 14.4. The van der Waals surface area contributed by atoms with Crippen LogP contribution in [0.2, 0.25) is 0 Å². The standard InChI is InChI=1S/C20H24N4O2S/c1-2-12-24-19(23-18-8-5-11-21-20(18)24)14-22-27(25,26)17-10-9-15-6-3-4-7-16(15)13-17/h5,8-11,13,22H,2-4,6-7,12,14H2,1H3. The van der Waals surface area contributed by atoms with Crippen LogP contribution in [0.4, 0.5) is 0 Å². The maximum Gasteiger partial charge on any atom is 0.240 e. The van der Waals surface area contributed by atoms with Crippen molar-refractivity contribution >= 4 is 21.2 Å². The molecule has 0 saturated carbocycles. The molecule has 7 heteroatoms. The molecule has 0 atom stereocenters. The van der Waals surface area contributed by atoms with Gasteiger partial charge in [0, 0.05) is 12.7 Å². The van der Waals surface area contributed by atoms with E-state index in [1.807, 2.05) is 28.8 Å². The number of sulfonamides is 1. The van der Waals surface area contributed by atoms with Crippen LogP contribution in [-0.4, -0.2) is 23.0 Å². The van der Waals surface area contributed by atoms with Gasteiger partial charge in [0.1, 0.15) is 11.3 Å². The summed E-state index contributed by atoms with van der Waals surface area (Å²) in [5.74, 6) is 0.687. The van der Waals surface area contributed by atoms with E-state index in [0.717, 1.165) is 49.0 Å². The van der Waals surface area contributed by atoms with E-state index in [2.05, 4.69) is 21.6 Å². The molecule has 0 spiro atoms. The Morgan fingerprint density at radius 2 is 1.96 bits per heavy atom. The molecule has 1 aliphatic carbocycles. The average molecular weight is 385 g/mol. The van der Waals surface area contributed by atoms with Crippen molar-refractivity contribution < 1.29 is 8.42 Å². The molecular weight excluding hydrogens is 360 g/mol. The van der Waals surface area contributed by atoms with Gasteiger partial charge in [-0.15, -0.1) is 0 Å². The number of hydrogen-bond acceptors (Lipinski definition) is 4. The van der Waals surface area contributed by atoms with Crippen LogP contribution < -0.4 is 4.72 Å². The molecule has 0 aliphatic heterocycles. The maximum absolute atomic E-state index is 12.8. The van der Waals surface area contributed by atoms with Crippen molar-refractivity contribution in [3.63, 3.8) is 0 Å². The third-order valence-electron chi connectivity index (χ3n) is 5.08. The third kappa shape index (κ3) is 3.61. The Balaban J connectivity index is 1.59. The number of nitrogens with one attached hydrogen (secondary N) is 1. The summed E-state index contributed by atoms with van der Waals surface area (Å²) >= 11 is 0. The number of aromatic nitrogens is 3. The third-order valence-corrected chi connectivity index (χ3v) is 6.48. The lowest BCUT2D eigenvalue weighted by Crippen LogP contribution is -2.25. The second-order valence-corrected chi connectivity index (χ2v) is 8.75. The first-order chi connectivity index (χ1) is 13.1. The van der Waals surface area contributed by atoms with Gasteiger partial charge in [0.25, 0.3) is 0 Å². The quantitative estimate of drug-likeness (QED) is 0.708. The van der Waals surface area contributed by atoms with Crippen molar-refractivity contribution in [3.8, 4) is 0 Å². The topological polar surface area (TPSA) is 76.9 Å². The van der Waals surface area contributed by atoms with Crippen molar-refractivity contribution in [2.45, 2.75) is 57.0 Å². The van der Waals surface area contributed by atoms with Crippen LogP contribution in [0.25, 0.3) is 11.2 Å². The number of rotatable bonds is 6. The van der Waals surface area contributed by atoms with Crippen molar-refractivity contribution in [2.75, 3.05) is 0 Å². The molecule has 1 aliphatic rings. The predicted molar refractivity (Wildman–Crippen MR) is 105 cm³/mol. The van der Waals surface area contributed by atoms with Gasteiger partial charge >= 0.3 is 0 Å². The van der Waals surface area contributed by atoms with E-state index in [9.17, 15) is 8.42 Å². The van der Waals surface area contributed by atoms with Crippen LogP contribution >= 0.6 is 0 Å². The molecule has 6 nitrogen and oxygen atoms in total. The summed E-state index contributed by atoms with van der Waals surface area (Å²) in [6.07, 6.45) is 6.95. The van der Waals surface area contributed by atoms with Gasteiger partial charge in [-0.2, -0.15) is 0 Å². The number of nitrogens with zero attached hydrogens (tertiary/aromatic N) is 3. The minimum Gasteiger partial charge on any atom is -0.312 e. The Bertz CT molecular complexity index is 1070. The molecule has 4 rings (SSSR count). The highest BCUT2D eigenvalue weighted by molar-refractivity contribution is 7.89. The number of pyridine rings is 1. The number of aryl methyl sites for hydroxylation is 3. The number of benzene rings is 1. The van der Waals surface area contributed by atoms with Gasteiger partial charge in [-0.25, -0.2) is 23.1 Å². The summed E-state index contributed by atoms with van der Waals surface area (Å²) in [6.45, 7) is 2.98. The number of imidazole rings is 1. The van der Waals surface area contributed by atoms with Gasteiger partial charge in [-0.3, -0.25) is 0 Å². The fraction of sp³-hybridized carbons (Fsp3) is 0.400. The predicted octanol–water partition coefficient (Wildman–Crippen LogP) is 3.20. The first-order valence-electron chi connectivity index (χ1n) is 9.50. The molecule has 0 saturated heterocycles. The van der Waals surface area contributed by atoms with E-state index >= 15 is 0 Å². The SMILES string of the molecule is CCCn1c(CNS(=O)(=O)c2ccc3c(c2)CCCC3)nc2cccnc21. The van der Waals surface area contributed by atoms with E-state index in [1.165, 1.54) is 12.0 Å². The minimum atomic E-state index is -3.58. The molecule has 0 bridgehead atoms. The molecule has 1 N–H and O–H groups in total. The Hall–Kier alpha value is -2.25. The first-order valence-corrected chi connectivity index (χ1v) is 11.0. The van der Waals surface area contributed by atoms with Crippen LogP contribution in [0.5, 0.6) is 0 Å². The highest BCUT2D eigenvalue weighted by atomic mass is 32.2. The molecule has 142 valence electrons. The second-order valence-electron chi connectivity index (χ2n) is 6.99. The fourth-order valence-electron chi connectivity index (χ4n) is 3.72. The monoisotopic (exact) mass is 384 g/mol. The van der Waals surface area contributed by atoms with Crippen molar-refractivity contribution in [1.82, 2.24) is 19.3 Å². The minimum absolute atomic E-state index is 0.149. The van der Waals surface area contributed by atoms with Gasteiger partial charge in [0.05, 0.1) is 11.4 Å². The lowest BCUT2D eigenvalue weighted by molar-refractivity contribution is 0.572. The highest BCUT2D eigenvalue weighted by Crippen LogP contribution is 2.24. The summed E-state index contributed by atoms with van der Waals surface area (Å²) in [5, 5.41) is 0.